The van der Waals surface area contributed by atoms with Crippen molar-refractivity contribution in [3.05, 3.63) is 94.7 Å². The van der Waals surface area contributed by atoms with Gasteiger partial charge in [-0.3, -0.25) is 4.57 Å². The van der Waals surface area contributed by atoms with Crippen LogP contribution in [0.25, 0.3) is 28.2 Å². The third-order valence-electron chi connectivity index (χ3n) is 6.93. The summed E-state index contributed by atoms with van der Waals surface area (Å²) in [7, 11) is 0. The Bertz CT molecular complexity index is 1740. The molecule has 6 rings (SSSR count). The van der Waals surface area contributed by atoms with Crippen molar-refractivity contribution in [3.8, 4) is 17.1 Å². The van der Waals surface area contributed by atoms with Crippen molar-refractivity contribution < 1.29 is 13.6 Å². The zero-order valence-corrected chi connectivity index (χ0v) is 23.0. The number of hydrogen-bond donors (Lipinski definition) is 2. The number of carbonyl (C=O) groups is 1. The second-order valence-corrected chi connectivity index (χ2v) is 10.4. The molecule has 1 fully saturated rings. The molecule has 2 N–H and O–H groups in total. The minimum absolute atomic E-state index is 0.112. The molecule has 0 atom stereocenters. The van der Waals surface area contributed by atoms with Crippen molar-refractivity contribution in [1.82, 2.24) is 24.8 Å². The zero-order valence-electron chi connectivity index (χ0n) is 21.5. The molecular formula is C29H23Cl2F2N7O. The van der Waals surface area contributed by atoms with E-state index in [1.807, 2.05) is 53.1 Å². The molecule has 1 aliphatic heterocycles. The van der Waals surface area contributed by atoms with Crippen LogP contribution in [0.1, 0.15) is 12.8 Å². The molecule has 2 aromatic heterocycles. The van der Waals surface area contributed by atoms with Crippen molar-refractivity contribution in [2.75, 3.05) is 23.3 Å². The lowest BCUT2D eigenvalue weighted by molar-refractivity contribution is 0.246. The number of piperidine rings is 1. The number of amides is 2. The number of halogens is 4. The Kier molecular flexibility index (Phi) is 7.42. The quantitative estimate of drug-likeness (QED) is 0.232. The van der Waals surface area contributed by atoms with E-state index in [1.54, 1.807) is 0 Å². The van der Waals surface area contributed by atoms with Crippen molar-refractivity contribution in [1.29, 1.82) is 0 Å². The van der Waals surface area contributed by atoms with Crippen LogP contribution < -0.4 is 15.5 Å². The second kappa shape index (κ2) is 11.3. The SMILES string of the molecule is O=C(Nc1ccc(F)c(F)c1)NC1CCN(c2ncnc3c2nc(-c2ccccc2Cl)n3-c2ccc(Cl)cc2)CC1. The molecule has 5 aromatic rings. The van der Waals surface area contributed by atoms with Gasteiger partial charge in [-0.25, -0.2) is 28.5 Å². The number of benzene rings is 3. The number of anilines is 2. The lowest BCUT2D eigenvalue weighted by Crippen LogP contribution is -2.46. The normalized spacial score (nSPS) is 13.9. The topological polar surface area (TPSA) is 88.0 Å². The Morgan fingerprint density at radius 3 is 2.41 bits per heavy atom. The number of nitrogens with zero attached hydrogens (tertiary/aromatic N) is 5. The first-order valence-electron chi connectivity index (χ1n) is 12.9. The van der Waals surface area contributed by atoms with Crippen LogP contribution in [0.4, 0.5) is 25.1 Å². The number of urea groups is 1. The molecule has 2 amide bonds. The molecule has 0 spiro atoms. The molecule has 1 aliphatic rings. The van der Waals surface area contributed by atoms with Gasteiger partial charge in [-0.15, -0.1) is 0 Å². The third-order valence-corrected chi connectivity index (χ3v) is 7.51. The molecule has 208 valence electrons. The number of hydrogen-bond acceptors (Lipinski definition) is 5. The van der Waals surface area contributed by atoms with Gasteiger partial charge in [0.05, 0.1) is 5.02 Å². The van der Waals surface area contributed by atoms with E-state index in [9.17, 15) is 13.6 Å². The average molecular weight is 594 g/mol. The van der Waals surface area contributed by atoms with Gasteiger partial charge in [0.15, 0.2) is 28.6 Å². The number of rotatable bonds is 5. The van der Waals surface area contributed by atoms with E-state index in [1.165, 1.54) is 12.4 Å². The Balaban J connectivity index is 1.25. The van der Waals surface area contributed by atoms with Gasteiger partial charge in [0.25, 0.3) is 0 Å². The van der Waals surface area contributed by atoms with Gasteiger partial charge in [0.2, 0.25) is 0 Å². The van der Waals surface area contributed by atoms with Crippen LogP contribution in [0.15, 0.2) is 73.1 Å². The monoisotopic (exact) mass is 593 g/mol. The molecule has 0 bridgehead atoms. The fourth-order valence-electron chi connectivity index (χ4n) is 4.93. The fraction of sp³-hybridized carbons (Fsp3) is 0.172. The standard InChI is InChI=1S/C29H23Cl2F2N7O/c30-17-5-8-20(9-6-17)40-26(21-3-1-2-4-22(21)31)38-25-27(34-16-35-28(25)40)39-13-11-18(12-14-39)36-29(41)37-19-7-10-23(32)24(33)15-19/h1-10,15-16,18H,11-14H2,(H2,36,37,41). The van der Waals surface area contributed by atoms with E-state index >= 15 is 0 Å². The van der Waals surface area contributed by atoms with Crippen LogP contribution in [-0.2, 0) is 0 Å². The first-order valence-corrected chi connectivity index (χ1v) is 13.6. The number of aromatic nitrogens is 4. The van der Waals surface area contributed by atoms with E-state index in [2.05, 4.69) is 25.5 Å². The van der Waals surface area contributed by atoms with Crippen LogP contribution in [0.2, 0.25) is 10.0 Å². The summed E-state index contributed by atoms with van der Waals surface area (Å²) in [5.74, 6) is -0.691. The predicted molar refractivity (Wildman–Crippen MR) is 156 cm³/mol. The summed E-state index contributed by atoms with van der Waals surface area (Å²) in [6, 6.07) is 17.5. The van der Waals surface area contributed by atoms with E-state index < -0.39 is 17.7 Å². The van der Waals surface area contributed by atoms with E-state index in [-0.39, 0.29) is 11.7 Å². The highest BCUT2D eigenvalue weighted by Crippen LogP contribution is 2.35. The summed E-state index contributed by atoms with van der Waals surface area (Å²) in [6.07, 6.45) is 2.81. The molecular weight excluding hydrogens is 571 g/mol. The molecule has 0 unspecified atom stereocenters. The van der Waals surface area contributed by atoms with Crippen molar-refractivity contribution in [2.45, 2.75) is 18.9 Å². The highest BCUT2D eigenvalue weighted by molar-refractivity contribution is 6.33. The predicted octanol–water partition coefficient (Wildman–Crippen LogP) is 6.86. The van der Waals surface area contributed by atoms with Gasteiger partial charge in [0.1, 0.15) is 12.2 Å². The first-order chi connectivity index (χ1) is 19.9. The summed E-state index contributed by atoms with van der Waals surface area (Å²) < 4.78 is 28.6. The maximum absolute atomic E-state index is 13.5. The maximum atomic E-state index is 13.5. The average Bonchev–Trinajstić information content (AvgIpc) is 3.36. The Hall–Kier alpha value is -4.28. The van der Waals surface area contributed by atoms with E-state index in [0.29, 0.717) is 58.8 Å². The molecule has 1 saturated heterocycles. The minimum Gasteiger partial charge on any atom is -0.355 e. The smallest absolute Gasteiger partial charge is 0.319 e. The maximum Gasteiger partial charge on any atom is 0.319 e. The number of imidazole rings is 1. The number of fused-ring (bicyclic) bond motifs is 1. The van der Waals surface area contributed by atoms with Crippen LogP contribution in [-0.4, -0.2) is 44.7 Å². The van der Waals surface area contributed by atoms with Gasteiger partial charge in [0, 0.05) is 47.2 Å². The molecule has 12 heteroatoms. The van der Waals surface area contributed by atoms with Crippen LogP contribution in [0.5, 0.6) is 0 Å². The zero-order chi connectivity index (χ0) is 28.5. The summed E-state index contributed by atoms with van der Waals surface area (Å²) >= 11 is 12.7. The van der Waals surface area contributed by atoms with E-state index in [0.717, 1.165) is 23.4 Å². The van der Waals surface area contributed by atoms with Gasteiger partial charge < -0.3 is 15.5 Å². The third kappa shape index (κ3) is 5.53. The summed E-state index contributed by atoms with van der Waals surface area (Å²) in [5.41, 5.74) is 3.00. The van der Waals surface area contributed by atoms with Crippen molar-refractivity contribution in [2.24, 2.45) is 0 Å². The summed E-state index contributed by atoms with van der Waals surface area (Å²) in [6.45, 7) is 1.22. The summed E-state index contributed by atoms with van der Waals surface area (Å²) in [5, 5.41) is 6.63. The van der Waals surface area contributed by atoms with Gasteiger partial charge in [-0.2, -0.15) is 0 Å². The highest BCUT2D eigenvalue weighted by Gasteiger charge is 2.26. The molecule has 3 aromatic carbocycles. The van der Waals surface area contributed by atoms with Gasteiger partial charge >= 0.3 is 6.03 Å². The van der Waals surface area contributed by atoms with E-state index in [4.69, 9.17) is 28.2 Å². The van der Waals surface area contributed by atoms with Crippen LogP contribution >= 0.6 is 23.2 Å². The van der Waals surface area contributed by atoms with Crippen LogP contribution in [0.3, 0.4) is 0 Å². The molecule has 0 saturated carbocycles. The lowest BCUT2D eigenvalue weighted by atomic mass is 10.1. The Morgan fingerprint density at radius 2 is 1.68 bits per heavy atom. The number of nitrogens with one attached hydrogen (secondary N) is 2. The highest BCUT2D eigenvalue weighted by atomic mass is 35.5. The lowest BCUT2D eigenvalue weighted by Gasteiger charge is -2.33. The Labute approximate surface area is 244 Å². The molecule has 0 radical (unpaired) electrons. The molecule has 8 nitrogen and oxygen atoms in total. The van der Waals surface area contributed by atoms with Crippen molar-refractivity contribution in [3.63, 3.8) is 0 Å². The van der Waals surface area contributed by atoms with Crippen molar-refractivity contribution >= 4 is 51.9 Å². The second-order valence-electron chi connectivity index (χ2n) is 9.59. The molecule has 3 heterocycles. The van der Waals surface area contributed by atoms with Gasteiger partial charge in [-0.1, -0.05) is 35.3 Å². The van der Waals surface area contributed by atoms with Gasteiger partial charge in [-0.05, 0) is 61.4 Å². The summed E-state index contributed by atoms with van der Waals surface area (Å²) in [4.78, 5) is 28.7. The van der Waals surface area contributed by atoms with Crippen LogP contribution in [0, 0.1) is 11.6 Å². The minimum atomic E-state index is -1.02. The number of carbonyl (C=O) groups excluding carboxylic acids is 1. The largest absolute Gasteiger partial charge is 0.355 e. The molecule has 41 heavy (non-hydrogen) atoms. The molecule has 0 aliphatic carbocycles. The Morgan fingerprint density at radius 1 is 0.927 bits per heavy atom. The first kappa shape index (κ1) is 26.9. The fourth-order valence-corrected chi connectivity index (χ4v) is 5.28.